The molecule has 9 heteroatoms. The lowest BCUT2D eigenvalue weighted by Crippen LogP contribution is -2.22. The van der Waals surface area contributed by atoms with Crippen molar-refractivity contribution in [1.82, 2.24) is 15.0 Å². The van der Waals surface area contributed by atoms with Crippen LogP contribution in [0.15, 0.2) is 30.5 Å². The summed E-state index contributed by atoms with van der Waals surface area (Å²) in [6, 6.07) is 5.04. The van der Waals surface area contributed by atoms with Gasteiger partial charge in [-0.25, -0.2) is 23.1 Å². The molecule has 0 aliphatic heterocycles. The quantitative estimate of drug-likeness (QED) is 0.411. The van der Waals surface area contributed by atoms with Gasteiger partial charge in [0.05, 0.1) is 23.3 Å². The van der Waals surface area contributed by atoms with E-state index in [2.05, 4.69) is 20.3 Å². The standard InChI is InChI=1S/C23H28F3N4OP/c1-12(2)32(31,13(3)4)20-10-18-19(11-27-20)29-15(6)30-23(18)28-14(5)16-8-7-9-17(21(16)24)22(25)26/h7-14,22H,1-6H3,(H,28,29,30)/t14-/m1/s1. The molecule has 32 heavy (non-hydrogen) atoms. The third-order valence-electron chi connectivity index (χ3n) is 5.69. The predicted octanol–water partition coefficient (Wildman–Crippen LogP) is 6.39. The first-order valence-corrected chi connectivity index (χ1v) is 12.4. The molecule has 3 aromatic rings. The van der Waals surface area contributed by atoms with Gasteiger partial charge in [-0.3, -0.25) is 4.98 Å². The van der Waals surface area contributed by atoms with E-state index in [0.717, 1.165) is 6.07 Å². The molecule has 0 bridgehead atoms. The van der Waals surface area contributed by atoms with Crippen LogP contribution in [0.4, 0.5) is 19.0 Å². The maximum Gasteiger partial charge on any atom is 0.266 e. The number of halogens is 3. The highest BCUT2D eigenvalue weighted by molar-refractivity contribution is 7.72. The van der Waals surface area contributed by atoms with Crippen LogP contribution in [0.3, 0.4) is 0 Å². The predicted molar refractivity (Wildman–Crippen MR) is 123 cm³/mol. The molecule has 1 aromatic carbocycles. The van der Waals surface area contributed by atoms with Crippen molar-refractivity contribution in [3.8, 4) is 0 Å². The number of anilines is 1. The number of alkyl halides is 2. The molecule has 5 nitrogen and oxygen atoms in total. The zero-order valence-electron chi connectivity index (χ0n) is 19.0. The van der Waals surface area contributed by atoms with Gasteiger partial charge in [-0.15, -0.1) is 0 Å². The Morgan fingerprint density at radius 2 is 1.62 bits per heavy atom. The van der Waals surface area contributed by atoms with Crippen LogP contribution >= 0.6 is 7.14 Å². The fourth-order valence-electron chi connectivity index (χ4n) is 3.92. The Bertz CT molecular complexity index is 1170. The van der Waals surface area contributed by atoms with E-state index in [1.165, 1.54) is 12.1 Å². The summed E-state index contributed by atoms with van der Waals surface area (Å²) in [7, 11) is -2.81. The van der Waals surface area contributed by atoms with E-state index in [1.54, 1.807) is 26.1 Å². The average Bonchev–Trinajstić information content (AvgIpc) is 2.72. The highest BCUT2D eigenvalue weighted by Crippen LogP contribution is 2.53. The molecule has 0 amide bonds. The number of nitrogens with one attached hydrogen (secondary N) is 1. The van der Waals surface area contributed by atoms with Crippen molar-refractivity contribution in [2.75, 3.05) is 5.32 Å². The first kappa shape index (κ1) is 24.2. The molecule has 0 aliphatic rings. The zero-order chi connectivity index (χ0) is 23.8. The van der Waals surface area contributed by atoms with Gasteiger partial charge in [0.15, 0.2) is 0 Å². The molecule has 0 aliphatic carbocycles. The number of hydrogen-bond acceptors (Lipinski definition) is 5. The van der Waals surface area contributed by atoms with Crippen LogP contribution < -0.4 is 10.8 Å². The number of fused-ring (bicyclic) bond motifs is 1. The molecule has 0 unspecified atom stereocenters. The number of pyridine rings is 1. The molecule has 0 saturated heterocycles. The van der Waals surface area contributed by atoms with Gasteiger partial charge in [-0.1, -0.05) is 45.9 Å². The van der Waals surface area contributed by atoms with Gasteiger partial charge in [0, 0.05) is 22.3 Å². The summed E-state index contributed by atoms with van der Waals surface area (Å²) in [6.07, 6.45) is -1.33. The number of nitrogens with zero attached hydrogens (tertiary/aromatic N) is 3. The number of rotatable bonds is 7. The lowest BCUT2D eigenvalue weighted by molar-refractivity contribution is 0.146. The van der Waals surface area contributed by atoms with Crippen LogP contribution in [0.1, 0.15) is 64.0 Å². The first-order valence-electron chi connectivity index (χ1n) is 10.5. The molecule has 0 fully saturated rings. The molecule has 172 valence electrons. The third kappa shape index (κ3) is 4.38. The number of aryl methyl sites for hydroxylation is 1. The van der Waals surface area contributed by atoms with Crippen molar-refractivity contribution in [2.24, 2.45) is 0 Å². The highest BCUT2D eigenvalue weighted by atomic mass is 31.2. The molecule has 0 spiro atoms. The van der Waals surface area contributed by atoms with Crippen LogP contribution in [0.25, 0.3) is 10.9 Å². The van der Waals surface area contributed by atoms with Crippen molar-refractivity contribution in [3.63, 3.8) is 0 Å². The highest BCUT2D eigenvalue weighted by Gasteiger charge is 2.34. The van der Waals surface area contributed by atoms with Gasteiger partial charge in [-0.05, 0) is 19.9 Å². The largest absolute Gasteiger partial charge is 0.363 e. The number of benzene rings is 1. The maximum absolute atomic E-state index is 14.7. The van der Waals surface area contributed by atoms with Crippen molar-refractivity contribution in [1.29, 1.82) is 0 Å². The van der Waals surface area contributed by atoms with Crippen molar-refractivity contribution in [2.45, 2.75) is 65.3 Å². The van der Waals surface area contributed by atoms with Crippen LogP contribution in [-0.4, -0.2) is 26.3 Å². The minimum absolute atomic E-state index is 0.0969. The van der Waals surface area contributed by atoms with E-state index in [1.807, 2.05) is 27.7 Å². The maximum atomic E-state index is 14.7. The lowest BCUT2D eigenvalue weighted by atomic mass is 10.0. The minimum atomic E-state index is -2.90. The third-order valence-corrected chi connectivity index (χ3v) is 9.71. The Morgan fingerprint density at radius 3 is 2.22 bits per heavy atom. The summed E-state index contributed by atoms with van der Waals surface area (Å²) in [4.78, 5) is 13.3. The summed E-state index contributed by atoms with van der Waals surface area (Å²) in [5.41, 5.74) is 0.319. The summed E-state index contributed by atoms with van der Waals surface area (Å²) in [6.45, 7) is 11.0. The van der Waals surface area contributed by atoms with Crippen molar-refractivity contribution >= 4 is 29.3 Å². The molecular formula is C23H28F3N4OP. The molecule has 3 rings (SSSR count). The number of hydrogen-bond donors (Lipinski definition) is 1. The fraction of sp³-hybridized carbons (Fsp3) is 0.435. The van der Waals surface area contributed by atoms with Gasteiger partial charge in [0.1, 0.15) is 30.0 Å². The second kappa shape index (κ2) is 9.18. The molecular weight excluding hydrogens is 436 g/mol. The molecule has 1 atom stereocenters. The second-order valence-corrected chi connectivity index (χ2v) is 12.4. The summed E-state index contributed by atoms with van der Waals surface area (Å²) < 4.78 is 54.7. The Morgan fingerprint density at radius 1 is 1.00 bits per heavy atom. The minimum Gasteiger partial charge on any atom is -0.363 e. The summed E-state index contributed by atoms with van der Waals surface area (Å²) in [5.74, 6) is -0.0620. The Hall–Kier alpha value is -2.47. The van der Waals surface area contributed by atoms with E-state index in [4.69, 9.17) is 0 Å². The van der Waals surface area contributed by atoms with Gasteiger partial charge in [0.2, 0.25) is 0 Å². The van der Waals surface area contributed by atoms with Crippen molar-refractivity contribution < 1.29 is 17.7 Å². The monoisotopic (exact) mass is 464 g/mol. The van der Waals surface area contributed by atoms with E-state index < -0.39 is 31.0 Å². The molecule has 1 N–H and O–H groups in total. The fourth-order valence-corrected chi connectivity index (χ4v) is 6.74. The Kier molecular flexibility index (Phi) is 6.94. The summed E-state index contributed by atoms with van der Waals surface area (Å²) in [5, 5.41) is 3.73. The second-order valence-electron chi connectivity index (χ2n) is 8.49. The van der Waals surface area contributed by atoms with Crippen LogP contribution in [0.2, 0.25) is 0 Å². The smallest absolute Gasteiger partial charge is 0.266 e. The molecule has 2 heterocycles. The Labute approximate surface area is 186 Å². The van der Waals surface area contributed by atoms with Crippen LogP contribution in [0, 0.1) is 12.7 Å². The van der Waals surface area contributed by atoms with Gasteiger partial charge >= 0.3 is 0 Å². The van der Waals surface area contributed by atoms with Crippen molar-refractivity contribution in [3.05, 3.63) is 53.2 Å². The molecule has 0 radical (unpaired) electrons. The van der Waals surface area contributed by atoms with E-state index in [0.29, 0.717) is 28.0 Å². The first-order chi connectivity index (χ1) is 15.0. The van der Waals surface area contributed by atoms with Gasteiger partial charge in [-0.2, -0.15) is 0 Å². The topological polar surface area (TPSA) is 67.8 Å². The average molecular weight is 464 g/mol. The SMILES string of the molecule is Cc1nc(N[C@H](C)c2cccc(C(F)F)c2F)c2cc(P(=O)(C(C)C)C(C)C)ncc2n1. The van der Waals surface area contributed by atoms with E-state index in [9.17, 15) is 17.7 Å². The zero-order valence-corrected chi connectivity index (χ0v) is 19.9. The normalized spacial score (nSPS) is 13.4. The van der Waals surface area contributed by atoms with Gasteiger partial charge in [0.25, 0.3) is 6.43 Å². The summed E-state index contributed by atoms with van der Waals surface area (Å²) >= 11 is 0. The Balaban J connectivity index is 2.11. The number of aromatic nitrogens is 3. The van der Waals surface area contributed by atoms with E-state index >= 15 is 0 Å². The molecule has 2 aromatic heterocycles. The van der Waals surface area contributed by atoms with Crippen LogP contribution in [-0.2, 0) is 4.57 Å². The lowest BCUT2D eigenvalue weighted by Gasteiger charge is -2.26. The van der Waals surface area contributed by atoms with Crippen LogP contribution in [0.5, 0.6) is 0 Å². The van der Waals surface area contributed by atoms with E-state index in [-0.39, 0.29) is 16.9 Å². The molecule has 0 saturated carbocycles. The van der Waals surface area contributed by atoms with Gasteiger partial charge < -0.3 is 9.88 Å².